The zero-order valence-corrected chi connectivity index (χ0v) is 14.5. The second kappa shape index (κ2) is 6.78. The molecule has 0 spiro atoms. The predicted octanol–water partition coefficient (Wildman–Crippen LogP) is 4.96. The van der Waals surface area contributed by atoms with Crippen molar-refractivity contribution < 1.29 is 0 Å². The number of aromatic nitrogens is 1. The standard InChI is InChI=1S/C18H30N2S/c1-3-4-5-8-13-18(2,20-14-11-12-14)17-19-15-9-6-7-10-16(15)21-17/h14,20H,3-13H2,1-2H3. The average molecular weight is 307 g/mol. The minimum Gasteiger partial charge on any atom is -0.303 e. The molecule has 1 aromatic rings. The number of aryl methyl sites for hydroxylation is 2. The third-order valence-corrected chi connectivity index (χ3v) is 6.37. The molecule has 2 aliphatic carbocycles. The number of nitrogens with zero attached hydrogens (tertiary/aromatic N) is 1. The Balaban J connectivity index is 1.72. The smallest absolute Gasteiger partial charge is 0.113 e. The van der Waals surface area contributed by atoms with Crippen molar-refractivity contribution in [1.82, 2.24) is 10.3 Å². The molecule has 1 fully saturated rings. The van der Waals surface area contributed by atoms with Gasteiger partial charge < -0.3 is 5.32 Å². The quantitative estimate of drug-likeness (QED) is 0.687. The van der Waals surface area contributed by atoms with E-state index in [4.69, 9.17) is 4.98 Å². The molecule has 0 bridgehead atoms. The lowest BCUT2D eigenvalue weighted by Crippen LogP contribution is -2.41. The first kappa shape index (κ1) is 15.5. The Labute approximate surface area is 133 Å². The number of thiazole rings is 1. The number of fused-ring (bicyclic) bond motifs is 1. The molecule has 118 valence electrons. The molecule has 2 aliphatic rings. The van der Waals surface area contributed by atoms with Crippen LogP contribution in [0.2, 0.25) is 0 Å². The van der Waals surface area contributed by atoms with Crippen LogP contribution < -0.4 is 5.32 Å². The predicted molar refractivity (Wildman–Crippen MR) is 91.0 cm³/mol. The van der Waals surface area contributed by atoms with Crippen LogP contribution in [0.15, 0.2) is 0 Å². The summed E-state index contributed by atoms with van der Waals surface area (Å²) in [6, 6.07) is 0.752. The third-order valence-electron chi connectivity index (χ3n) is 4.95. The van der Waals surface area contributed by atoms with E-state index in [0.29, 0.717) is 0 Å². The largest absolute Gasteiger partial charge is 0.303 e. The number of hydrogen-bond acceptors (Lipinski definition) is 3. The number of hydrogen-bond donors (Lipinski definition) is 1. The molecule has 1 N–H and O–H groups in total. The lowest BCUT2D eigenvalue weighted by atomic mass is 9.94. The minimum absolute atomic E-state index is 0.122. The van der Waals surface area contributed by atoms with E-state index in [1.165, 1.54) is 81.3 Å². The summed E-state index contributed by atoms with van der Waals surface area (Å²) in [7, 11) is 0. The van der Waals surface area contributed by atoms with E-state index < -0.39 is 0 Å². The summed E-state index contributed by atoms with van der Waals surface area (Å²) < 4.78 is 0. The Bertz CT molecular complexity index is 440. The van der Waals surface area contributed by atoms with Crippen molar-refractivity contribution in [3.05, 3.63) is 15.6 Å². The van der Waals surface area contributed by atoms with E-state index >= 15 is 0 Å². The van der Waals surface area contributed by atoms with Gasteiger partial charge in [0.05, 0.1) is 11.2 Å². The lowest BCUT2D eigenvalue weighted by molar-refractivity contribution is 0.321. The van der Waals surface area contributed by atoms with Gasteiger partial charge in [0.2, 0.25) is 0 Å². The second-order valence-corrected chi connectivity index (χ2v) is 8.24. The SMILES string of the molecule is CCCCCCC(C)(NC1CC1)c1nc2c(s1)CCCC2. The molecule has 3 rings (SSSR count). The molecule has 2 nitrogen and oxygen atoms in total. The van der Waals surface area contributed by atoms with E-state index in [9.17, 15) is 0 Å². The Morgan fingerprint density at radius 2 is 2.00 bits per heavy atom. The first-order valence-electron chi connectivity index (χ1n) is 8.98. The van der Waals surface area contributed by atoms with E-state index in [1.54, 1.807) is 4.88 Å². The van der Waals surface area contributed by atoms with Crippen LogP contribution in [0.5, 0.6) is 0 Å². The van der Waals surface area contributed by atoms with Gasteiger partial charge in [0.25, 0.3) is 0 Å². The van der Waals surface area contributed by atoms with Gasteiger partial charge in [-0.3, -0.25) is 0 Å². The summed E-state index contributed by atoms with van der Waals surface area (Å²) in [6.45, 7) is 4.69. The normalized spacial score (nSPS) is 21.0. The maximum Gasteiger partial charge on any atom is 0.113 e. The third kappa shape index (κ3) is 3.87. The van der Waals surface area contributed by atoms with Crippen LogP contribution in [0.25, 0.3) is 0 Å². The number of rotatable bonds is 8. The molecule has 1 saturated carbocycles. The Hall–Kier alpha value is -0.410. The summed E-state index contributed by atoms with van der Waals surface area (Å²) in [5, 5.41) is 5.29. The highest BCUT2D eigenvalue weighted by Gasteiger charge is 2.36. The van der Waals surface area contributed by atoms with Crippen LogP contribution in [0.1, 0.15) is 87.2 Å². The van der Waals surface area contributed by atoms with Crippen LogP contribution >= 0.6 is 11.3 Å². The van der Waals surface area contributed by atoms with E-state index in [-0.39, 0.29) is 5.54 Å². The van der Waals surface area contributed by atoms with Crippen molar-refractivity contribution >= 4 is 11.3 Å². The molecule has 0 amide bonds. The summed E-state index contributed by atoms with van der Waals surface area (Å²) in [4.78, 5) is 6.64. The fraction of sp³-hybridized carbons (Fsp3) is 0.833. The molecule has 0 aliphatic heterocycles. The van der Waals surface area contributed by atoms with Crippen molar-refractivity contribution in [3.8, 4) is 0 Å². The molecule has 1 unspecified atom stereocenters. The average Bonchev–Trinajstić information content (AvgIpc) is 3.17. The first-order valence-corrected chi connectivity index (χ1v) is 9.79. The second-order valence-electron chi connectivity index (χ2n) is 7.16. The highest BCUT2D eigenvalue weighted by atomic mass is 32.1. The number of nitrogens with one attached hydrogen (secondary N) is 1. The van der Waals surface area contributed by atoms with Gasteiger partial charge in [-0.25, -0.2) is 4.98 Å². The van der Waals surface area contributed by atoms with Crippen molar-refractivity contribution in [3.63, 3.8) is 0 Å². The summed E-state index contributed by atoms with van der Waals surface area (Å²) >= 11 is 2.00. The summed E-state index contributed by atoms with van der Waals surface area (Å²) in [5.74, 6) is 0. The maximum atomic E-state index is 5.06. The molecule has 0 radical (unpaired) electrons. The molecular weight excluding hydrogens is 276 g/mol. The molecule has 1 atom stereocenters. The Kier molecular flexibility index (Phi) is 5.00. The Morgan fingerprint density at radius 1 is 1.19 bits per heavy atom. The van der Waals surface area contributed by atoms with Gasteiger partial charge in [-0.05, 0) is 51.9 Å². The highest BCUT2D eigenvalue weighted by molar-refractivity contribution is 7.11. The van der Waals surface area contributed by atoms with Gasteiger partial charge in [0.1, 0.15) is 5.01 Å². The lowest BCUT2D eigenvalue weighted by Gasteiger charge is -2.29. The van der Waals surface area contributed by atoms with E-state index in [2.05, 4.69) is 19.2 Å². The van der Waals surface area contributed by atoms with Gasteiger partial charge in [0, 0.05) is 10.9 Å². The minimum atomic E-state index is 0.122. The van der Waals surface area contributed by atoms with Crippen LogP contribution in [0.3, 0.4) is 0 Å². The van der Waals surface area contributed by atoms with Gasteiger partial charge in [0.15, 0.2) is 0 Å². The van der Waals surface area contributed by atoms with Crippen LogP contribution in [-0.2, 0) is 18.4 Å². The monoisotopic (exact) mass is 306 g/mol. The maximum absolute atomic E-state index is 5.06. The molecule has 3 heteroatoms. The fourth-order valence-corrected chi connectivity index (χ4v) is 4.70. The molecule has 0 saturated heterocycles. The molecule has 1 heterocycles. The molecule has 21 heavy (non-hydrogen) atoms. The number of unbranched alkanes of at least 4 members (excludes halogenated alkanes) is 3. The van der Waals surface area contributed by atoms with Gasteiger partial charge in [-0.1, -0.05) is 32.6 Å². The van der Waals surface area contributed by atoms with Crippen LogP contribution in [-0.4, -0.2) is 11.0 Å². The van der Waals surface area contributed by atoms with Crippen LogP contribution in [0, 0.1) is 0 Å². The molecular formula is C18H30N2S. The Morgan fingerprint density at radius 3 is 2.71 bits per heavy atom. The summed E-state index contributed by atoms with van der Waals surface area (Å²) in [6.07, 6.45) is 14.5. The van der Waals surface area contributed by atoms with E-state index in [1.807, 2.05) is 11.3 Å². The van der Waals surface area contributed by atoms with Crippen molar-refractivity contribution in [2.75, 3.05) is 0 Å². The van der Waals surface area contributed by atoms with Crippen molar-refractivity contribution in [2.24, 2.45) is 0 Å². The van der Waals surface area contributed by atoms with Gasteiger partial charge in [-0.2, -0.15) is 0 Å². The topological polar surface area (TPSA) is 24.9 Å². The summed E-state index contributed by atoms with van der Waals surface area (Å²) in [5.41, 5.74) is 1.54. The zero-order valence-electron chi connectivity index (χ0n) is 13.7. The van der Waals surface area contributed by atoms with E-state index in [0.717, 1.165) is 6.04 Å². The van der Waals surface area contributed by atoms with Gasteiger partial charge in [-0.15, -0.1) is 11.3 Å². The van der Waals surface area contributed by atoms with Crippen molar-refractivity contribution in [2.45, 2.75) is 96.1 Å². The van der Waals surface area contributed by atoms with Crippen molar-refractivity contribution in [1.29, 1.82) is 0 Å². The zero-order chi connectivity index (χ0) is 14.7. The first-order chi connectivity index (χ1) is 10.2. The molecule has 1 aromatic heterocycles. The van der Waals surface area contributed by atoms with Gasteiger partial charge >= 0.3 is 0 Å². The fourth-order valence-electron chi connectivity index (χ4n) is 3.41. The highest BCUT2D eigenvalue weighted by Crippen LogP contribution is 2.37. The molecule has 0 aromatic carbocycles. The van der Waals surface area contributed by atoms with Crippen LogP contribution in [0.4, 0.5) is 0 Å².